The molecule has 0 amide bonds. The lowest BCUT2D eigenvalue weighted by Crippen LogP contribution is -2.61. The smallest absolute Gasteiger partial charge is 0.336 e. The standard InChI is InChI=1S/C38H41N3O12S/c1-6-7-11-16-47-28-14-15-31-29(18-28)27(17-33(46)52-31)19-39-40-38-41(30(21-54-38)26-12-9-8-10-13-26)37-36(51-25(5)45)35(50-24(4)44)34(49-23(3)43)32(53-37)20-48-22(2)42/h8-10,12-15,17-19,21,32,34-37H,6-7,11,16,20H2,1-5H3/b39-19+,40-38-/t32-,34-,35+,36-,37-/m1/s1. The molecule has 4 aromatic rings. The van der Waals surface area contributed by atoms with Crippen LogP contribution in [0.1, 0.15) is 65.7 Å². The maximum Gasteiger partial charge on any atom is 0.336 e. The van der Waals surface area contributed by atoms with Gasteiger partial charge in [-0.05, 0) is 30.2 Å². The molecule has 0 saturated carbocycles. The van der Waals surface area contributed by atoms with E-state index in [0.717, 1.165) is 33.1 Å². The summed E-state index contributed by atoms with van der Waals surface area (Å²) in [4.78, 5) is 62.0. The van der Waals surface area contributed by atoms with Crippen LogP contribution in [0.4, 0.5) is 0 Å². The van der Waals surface area contributed by atoms with E-state index < -0.39 is 66.8 Å². The molecule has 1 saturated heterocycles. The van der Waals surface area contributed by atoms with Crippen molar-refractivity contribution in [3.63, 3.8) is 0 Å². The van der Waals surface area contributed by atoms with Crippen LogP contribution in [0.15, 0.2) is 79.4 Å². The van der Waals surface area contributed by atoms with Gasteiger partial charge in [-0.2, -0.15) is 5.10 Å². The number of carbonyl (C=O) groups is 4. The molecule has 54 heavy (non-hydrogen) atoms. The number of rotatable bonds is 14. The average molecular weight is 764 g/mol. The molecular formula is C38H41N3O12S. The Morgan fingerprint density at radius 1 is 0.870 bits per heavy atom. The summed E-state index contributed by atoms with van der Waals surface area (Å²) in [7, 11) is 0. The number of carbonyl (C=O) groups excluding carboxylic acids is 4. The van der Waals surface area contributed by atoms with Crippen LogP contribution in [-0.2, 0) is 42.9 Å². The third-order valence-electron chi connectivity index (χ3n) is 8.13. The van der Waals surface area contributed by atoms with Crippen molar-refractivity contribution in [1.82, 2.24) is 4.57 Å². The summed E-state index contributed by atoms with van der Waals surface area (Å²) in [6, 6.07) is 15.6. The molecule has 2 aromatic heterocycles. The molecule has 286 valence electrons. The molecule has 5 rings (SSSR count). The first kappa shape index (κ1) is 39.6. The monoisotopic (exact) mass is 763 g/mol. The van der Waals surface area contributed by atoms with E-state index in [2.05, 4.69) is 17.1 Å². The first-order valence-corrected chi connectivity index (χ1v) is 18.2. The summed E-state index contributed by atoms with van der Waals surface area (Å²) in [6.07, 6.45) is -2.25. The number of unbranched alkanes of at least 4 members (excludes halogenated alkanes) is 2. The van der Waals surface area contributed by atoms with Crippen LogP contribution in [0.2, 0.25) is 0 Å². The first-order chi connectivity index (χ1) is 25.9. The molecule has 0 bridgehead atoms. The predicted molar refractivity (Wildman–Crippen MR) is 196 cm³/mol. The number of benzene rings is 2. The normalized spacial score (nSPS) is 20.1. The van der Waals surface area contributed by atoms with Gasteiger partial charge in [-0.1, -0.05) is 50.1 Å². The van der Waals surface area contributed by atoms with Crippen molar-refractivity contribution in [3.05, 3.63) is 80.8 Å². The predicted octanol–water partition coefficient (Wildman–Crippen LogP) is 5.08. The molecular weight excluding hydrogens is 722 g/mol. The molecule has 0 spiro atoms. The molecule has 15 nitrogen and oxygen atoms in total. The van der Waals surface area contributed by atoms with E-state index in [1.165, 1.54) is 37.5 Å². The van der Waals surface area contributed by atoms with Gasteiger partial charge in [-0.3, -0.25) is 23.7 Å². The Labute approximate surface area is 314 Å². The van der Waals surface area contributed by atoms with E-state index in [1.807, 2.05) is 30.3 Å². The number of hydrogen-bond donors (Lipinski definition) is 0. The fraction of sp³-hybridized carbons (Fsp3) is 0.395. The van der Waals surface area contributed by atoms with Gasteiger partial charge in [0.15, 0.2) is 24.5 Å². The van der Waals surface area contributed by atoms with Crippen molar-refractivity contribution < 1.29 is 52.0 Å². The van der Waals surface area contributed by atoms with Gasteiger partial charge in [0.1, 0.15) is 24.0 Å². The quantitative estimate of drug-likeness (QED) is 0.0415. The molecule has 3 heterocycles. The Morgan fingerprint density at radius 2 is 1.57 bits per heavy atom. The highest BCUT2D eigenvalue weighted by Crippen LogP contribution is 2.37. The first-order valence-electron chi connectivity index (χ1n) is 17.3. The largest absolute Gasteiger partial charge is 0.494 e. The number of aromatic nitrogens is 1. The minimum atomic E-state index is -1.41. The second-order valence-electron chi connectivity index (χ2n) is 12.3. The fourth-order valence-electron chi connectivity index (χ4n) is 5.92. The maximum absolute atomic E-state index is 12.6. The number of esters is 4. The highest BCUT2D eigenvalue weighted by atomic mass is 32.1. The zero-order chi connectivity index (χ0) is 38.8. The van der Waals surface area contributed by atoms with Gasteiger partial charge in [0.25, 0.3) is 0 Å². The molecule has 0 unspecified atom stereocenters. The molecule has 1 fully saturated rings. The SMILES string of the molecule is CCCCCOc1ccc2oc(=O)cc(/C=N/N=c3\scc(-c4ccccc4)n3[C@@H]3O[C@H](COC(C)=O)[C@@H](OC(C)=O)[C@H](OC(C)=O)[C@H]3OC(C)=O)c2c1. The van der Waals surface area contributed by atoms with Crippen molar-refractivity contribution in [2.45, 2.75) is 84.5 Å². The van der Waals surface area contributed by atoms with Crippen molar-refractivity contribution >= 4 is 52.4 Å². The average Bonchev–Trinajstić information content (AvgIpc) is 3.54. The molecule has 1 aliphatic rings. The topological polar surface area (TPSA) is 184 Å². The molecule has 16 heteroatoms. The summed E-state index contributed by atoms with van der Waals surface area (Å²) in [5.74, 6) is -2.29. The van der Waals surface area contributed by atoms with E-state index in [-0.39, 0.29) is 4.80 Å². The number of fused-ring (bicyclic) bond motifs is 1. The van der Waals surface area contributed by atoms with Gasteiger partial charge in [0, 0.05) is 50.1 Å². The Morgan fingerprint density at radius 3 is 2.26 bits per heavy atom. The summed E-state index contributed by atoms with van der Waals surface area (Å²) in [5.41, 5.74) is 1.43. The van der Waals surface area contributed by atoms with Gasteiger partial charge in [0.2, 0.25) is 4.80 Å². The van der Waals surface area contributed by atoms with Crippen LogP contribution in [-0.4, -0.2) is 72.3 Å². The minimum Gasteiger partial charge on any atom is -0.494 e. The molecule has 0 N–H and O–H groups in total. The summed E-state index contributed by atoms with van der Waals surface area (Å²) in [6.45, 7) is 6.91. The van der Waals surface area contributed by atoms with Gasteiger partial charge >= 0.3 is 29.5 Å². The number of ether oxygens (including phenoxy) is 6. The maximum atomic E-state index is 12.6. The van der Waals surface area contributed by atoms with Crippen LogP contribution < -0.4 is 15.2 Å². The van der Waals surface area contributed by atoms with E-state index in [9.17, 15) is 24.0 Å². The van der Waals surface area contributed by atoms with E-state index in [4.69, 9.17) is 32.8 Å². The third-order valence-corrected chi connectivity index (χ3v) is 8.96. The summed E-state index contributed by atoms with van der Waals surface area (Å²) >= 11 is 1.17. The summed E-state index contributed by atoms with van der Waals surface area (Å²) in [5, 5.41) is 11.2. The van der Waals surface area contributed by atoms with Crippen molar-refractivity contribution in [2.24, 2.45) is 10.2 Å². The van der Waals surface area contributed by atoms with Crippen LogP contribution in [0.3, 0.4) is 0 Å². The lowest BCUT2D eigenvalue weighted by molar-refractivity contribution is -0.268. The minimum absolute atomic E-state index is 0.234. The molecule has 5 atom stereocenters. The third kappa shape index (κ3) is 10.1. The summed E-state index contributed by atoms with van der Waals surface area (Å²) < 4.78 is 41.7. The Balaban J connectivity index is 1.65. The highest BCUT2D eigenvalue weighted by Gasteiger charge is 2.53. The van der Waals surface area contributed by atoms with Crippen molar-refractivity contribution in [3.8, 4) is 17.0 Å². The highest BCUT2D eigenvalue weighted by molar-refractivity contribution is 7.07. The second kappa shape index (κ2) is 18.4. The van der Waals surface area contributed by atoms with Gasteiger partial charge in [-0.25, -0.2) is 4.79 Å². The Kier molecular flexibility index (Phi) is 13.5. The van der Waals surface area contributed by atoms with Gasteiger partial charge < -0.3 is 32.8 Å². The zero-order valence-electron chi connectivity index (χ0n) is 30.4. The lowest BCUT2D eigenvalue weighted by atomic mass is 9.96. The Bertz CT molecular complexity index is 2120. The van der Waals surface area contributed by atoms with Gasteiger partial charge in [0.05, 0.1) is 18.5 Å². The number of thiazole rings is 1. The van der Waals surface area contributed by atoms with E-state index in [0.29, 0.717) is 40.1 Å². The molecule has 1 aliphatic heterocycles. The Hall–Kier alpha value is -5.61. The van der Waals surface area contributed by atoms with E-state index >= 15 is 0 Å². The van der Waals surface area contributed by atoms with Crippen LogP contribution in [0.25, 0.3) is 22.2 Å². The number of nitrogens with zero attached hydrogens (tertiary/aromatic N) is 3. The van der Waals surface area contributed by atoms with Crippen molar-refractivity contribution in [1.29, 1.82) is 0 Å². The van der Waals surface area contributed by atoms with Crippen molar-refractivity contribution in [2.75, 3.05) is 13.2 Å². The fourth-order valence-corrected chi connectivity index (χ4v) is 6.79. The molecule has 2 aromatic carbocycles. The van der Waals surface area contributed by atoms with Gasteiger partial charge in [-0.15, -0.1) is 16.4 Å². The molecule has 0 aliphatic carbocycles. The van der Waals surface area contributed by atoms with Crippen LogP contribution in [0.5, 0.6) is 5.75 Å². The lowest BCUT2D eigenvalue weighted by Gasteiger charge is -2.45. The van der Waals surface area contributed by atoms with Crippen LogP contribution >= 0.6 is 11.3 Å². The van der Waals surface area contributed by atoms with Crippen LogP contribution in [0, 0.1) is 0 Å². The number of hydrogen-bond acceptors (Lipinski definition) is 15. The molecule has 0 radical (unpaired) electrons. The van der Waals surface area contributed by atoms with E-state index in [1.54, 1.807) is 28.1 Å². The second-order valence-corrected chi connectivity index (χ2v) is 13.1. The zero-order valence-corrected chi connectivity index (χ0v) is 31.2.